The maximum Gasteiger partial charge on any atom is 0.153 e. The molecule has 0 radical (unpaired) electrons. The number of fused-ring (bicyclic) bond motifs is 1. The number of unbranched alkanes of at least 4 members (excludes halogenated alkanes) is 1. The van der Waals surface area contributed by atoms with Crippen LogP contribution in [0.1, 0.15) is 67.1 Å². The fourth-order valence-electron chi connectivity index (χ4n) is 3.81. The summed E-state index contributed by atoms with van der Waals surface area (Å²) in [5, 5.41) is 4.00. The minimum atomic E-state index is 0.0672. The van der Waals surface area contributed by atoms with Crippen LogP contribution in [-0.4, -0.2) is 24.7 Å². The van der Waals surface area contributed by atoms with E-state index in [1.54, 1.807) is 7.11 Å². The number of hydrogen-bond acceptors (Lipinski definition) is 4. The van der Waals surface area contributed by atoms with Crippen molar-refractivity contribution in [1.29, 1.82) is 0 Å². The lowest BCUT2D eigenvalue weighted by molar-refractivity contribution is 0.112. The van der Waals surface area contributed by atoms with E-state index < -0.39 is 0 Å². The summed E-state index contributed by atoms with van der Waals surface area (Å²) in [5.74, 6) is 1.67. The number of nitrogens with one attached hydrogen (secondary N) is 1. The van der Waals surface area contributed by atoms with E-state index in [4.69, 9.17) is 4.74 Å². The molecule has 0 saturated carbocycles. The van der Waals surface area contributed by atoms with Gasteiger partial charge in [-0.3, -0.25) is 10.1 Å². The SMILES string of the molecule is CCCC[C@]1(CC)CSc2cc(OC)c(C=O)cc2[C@H](c2ccccc2)N1. The Morgan fingerprint density at radius 1 is 1.26 bits per heavy atom. The Hall–Kier alpha value is -1.78. The second-order valence-corrected chi connectivity index (χ2v) is 8.28. The smallest absolute Gasteiger partial charge is 0.153 e. The molecule has 0 aliphatic carbocycles. The number of aldehydes is 1. The molecule has 0 spiro atoms. The van der Waals surface area contributed by atoms with E-state index in [1.165, 1.54) is 28.9 Å². The second-order valence-electron chi connectivity index (χ2n) is 7.26. The van der Waals surface area contributed by atoms with Gasteiger partial charge in [-0.2, -0.15) is 0 Å². The number of thioether (sulfide) groups is 1. The largest absolute Gasteiger partial charge is 0.496 e. The summed E-state index contributed by atoms with van der Waals surface area (Å²) in [5.41, 5.74) is 3.09. The Balaban J connectivity index is 2.12. The maximum absolute atomic E-state index is 11.6. The molecular weight excluding hydrogens is 354 g/mol. The van der Waals surface area contributed by atoms with Gasteiger partial charge in [0.1, 0.15) is 5.75 Å². The number of rotatable bonds is 7. The van der Waals surface area contributed by atoms with Gasteiger partial charge < -0.3 is 4.74 Å². The van der Waals surface area contributed by atoms with Gasteiger partial charge in [0.2, 0.25) is 0 Å². The van der Waals surface area contributed by atoms with Crippen molar-refractivity contribution in [3.63, 3.8) is 0 Å². The summed E-state index contributed by atoms with van der Waals surface area (Å²) in [4.78, 5) is 12.8. The highest BCUT2D eigenvalue weighted by atomic mass is 32.2. The summed E-state index contributed by atoms with van der Waals surface area (Å²) in [7, 11) is 1.63. The van der Waals surface area contributed by atoms with Gasteiger partial charge in [0.05, 0.1) is 18.7 Å². The zero-order valence-corrected chi connectivity index (χ0v) is 17.3. The lowest BCUT2D eigenvalue weighted by atomic mass is 9.87. The Labute approximate surface area is 166 Å². The number of methoxy groups -OCH3 is 1. The molecule has 0 amide bonds. The number of hydrogen-bond donors (Lipinski definition) is 1. The molecule has 2 aromatic carbocycles. The van der Waals surface area contributed by atoms with Gasteiger partial charge >= 0.3 is 0 Å². The molecule has 0 saturated heterocycles. The molecule has 27 heavy (non-hydrogen) atoms. The Morgan fingerprint density at radius 3 is 2.67 bits per heavy atom. The fourth-order valence-corrected chi connectivity index (χ4v) is 5.20. The third-order valence-electron chi connectivity index (χ3n) is 5.57. The van der Waals surface area contributed by atoms with Gasteiger partial charge in [0.25, 0.3) is 0 Å². The molecule has 1 aliphatic heterocycles. The van der Waals surface area contributed by atoms with Gasteiger partial charge in [-0.15, -0.1) is 11.8 Å². The van der Waals surface area contributed by atoms with Crippen molar-refractivity contribution in [2.45, 2.75) is 56.0 Å². The van der Waals surface area contributed by atoms with Crippen molar-refractivity contribution < 1.29 is 9.53 Å². The molecule has 0 aromatic heterocycles. The predicted octanol–water partition coefficient (Wildman–Crippen LogP) is 5.63. The van der Waals surface area contributed by atoms with Gasteiger partial charge in [0, 0.05) is 16.2 Å². The third kappa shape index (κ3) is 4.22. The van der Waals surface area contributed by atoms with Gasteiger partial charge in [0.15, 0.2) is 6.29 Å². The van der Waals surface area contributed by atoms with E-state index in [0.29, 0.717) is 11.3 Å². The van der Waals surface area contributed by atoms with E-state index in [0.717, 1.165) is 24.9 Å². The van der Waals surface area contributed by atoms with Crippen LogP contribution in [0.25, 0.3) is 0 Å². The average Bonchev–Trinajstić information content (AvgIpc) is 2.89. The Morgan fingerprint density at radius 2 is 2.04 bits per heavy atom. The van der Waals surface area contributed by atoms with Crippen LogP contribution < -0.4 is 10.1 Å². The van der Waals surface area contributed by atoms with Crippen LogP contribution in [0.3, 0.4) is 0 Å². The van der Waals surface area contributed by atoms with Crippen molar-refractivity contribution in [3.05, 3.63) is 59.2 Å². The molecule has 1 heterocycles. The van der Waals surface area contributed by atoms with E-state index in [2.05, 4.69) is 43.4 Å². The highest BCUT2D eigenvalue weighted by Gasteiger charge is 2.36. The number of carbonyl (C=O) groups excluding carboxylic acids is 1. The van der Waals surface area contributed by atoms with E-state index in [-0.39, 0.29) is 11.6 Å². The van der Waals surface area contributed by atoms with E-state index in [9.17, 15) is 4.79 Å². The summed E-state index contributed by atoms with van der Waals surface area (Å²) in [6.07, 6.45) is 5.53. The molecule has 4 heteroatoms. The minimum absolute atomic E-state index is 0.0672. The normalized spacial score (nSPS) is 22.0. The summed E-state index contributed by atoms with van der Waals surface area (Å²) >= 11 is 1.88. The molecule has 1 N–H and O–H groups in total. The van der Waals surface area contributed by atoms with Crippen LogP contribution in [-0.2, 0) is 0 Å². The van der Waals surface area contributed by atoms with Crippen LogP contribution in [0.15, 0.2) is 47.4 Å². The second kappa shape index (κ2) is 8.94. The highest BCUT2D eigenvalue weighted by molar-refractivity contribution is 7.99. The monoisotopic (exact) mass is 383 g/mol. The molecule has 0 unspecified atom stereocenters. The number of carbonyl (C=O) groups is 1. The molecule has 1 aliphatic rings. The molecule has 3 rings (SSSR count). The summed E-state index contributed by atoms with van der Waals surface area (Å²) in [6.45, 7) is 4.52. The molecule has 0 fully saturated rings. The van der Waals surface area contributed by atoms with Crippen molar-refractivity contribution >= 4 is 18.0 Å². The maximum atomic E-state index is 11.6. The predicted molar refractivity (Wildman–Crippen MR) is 113 cm³/mol. The van der Waals surface area contributed by atoms with Gasteiger partial charge in [-0.05, 0) is 36.1 Å². The molecule has 2 aromatic rings. The minimum Gasteiger partial charge on any atom is -0.496 e. The van der Waals surface area contributed by atoms with Gasteiger partial charge in [-0.1, -0.05) is 57.0 Å². The zero-order valence-electron chi connectivity index (χ0n) is 16.5. The lowest BCUT2D eigenvalue weighted by Crippen LogP contribution is -2.48. The highest BCUT2D eigenvalue weighted by Crippen LogP contribution is 2.43. The molecule has 3 nitrogen and oxygen atoms in total. The van der Waals surface area contributed by atoms with Crippen molar-refractivity contribution in [2.75, 3.05) is 12.9 Å². The summed E-state index contributed by atoms with van der Waals surface area (Å²) < 4.78 is 5.46. The Kier molecular flexibility index (Phi) is 6.61. The molecular formula is C23H29NO2S. The van der Waals surface area contributed by atoms with Crippen molar-refractivity contribution in [1.82, 2.24) is 5.32 Å². The molecule has 144 valence electrons. The van der Waals surface area contributed by atoms with Crippen LogP contribution in [0.2, 0.25) is 0 Å². The van der Waals surface area contributed by atoms with Crippen molar-refractivity contribution in [3.8, 4) is 5.75 Å². The lowest BCUT2D eigenvalue weighted by Gasteiger charge is -2.36. The van der Waals surface area contributed by atoms with Crippen LogP contribution in [0.4, 0.5) is 0 Å². The van der Waals surface area contributed by atoms with Gasteiger partial charge in [-0.25, -0.2) is 0 Å². The first kappa shape index (κ1) is 20.0. The quantitative estimate of drug-likeness (QED) is 0.629. The van der Waals surface area contributed by atoms with Crippen LogP contribution in [0, 0.1) is 0 Å². The average molecular weight is 384 g/mol. The van der Waals surface area contributed by atoms with Crippen LogP contribution >= 0.6 is 11.8 Å². The molecule has 0 bridgehead atoms. The molecule has 2 atom stereocenters. The van der Waals surface area contributed by atoms with Crippen LogP contribution in [0.5, 0.6) is 5.75 Å². The standard InChI is InChI=1S/C23H29NO2S/c1-4-6-12-23(5-2)16-27-21-14-20(26-3)18(15-25)13-19(21)22(24-23)17-10-8-7-9-11-17/h7-11,13-15,22,24H,4-6,12,16H2,1-3H3/t22-,23+/m0/s1. The topological polar surface area (TPSA) is 38.3 Å². The van der Waals surface area contributed by atoms with E-state index >= 15 is 0 Å². The Bertz CT molecular complexity index is 777. The third-order valence-corrected chi connectivity index (χ3v) is 6.93. The van der Waals surface area contributed by atoms with E-state index in [1.807, 2.05) is 30.0 Å². The summed E-state index contributed by atoms with van der Waals surface area (Å²) in [6, 6.07) is 14.7. The number of ether oxygens (including phenoxy) is 1. The first-order valence-corrected chi connectivity index (χ1v) is 10.8. The van der Waals surface area contributed by atoms with Crippen molar-refractivity contribution in [2.24, 2.45) is 0 Å². The first-order valence-electron chi connectivity index (χ1n) is 9.79. The first-order chi connectivity index (χ1) is 13.2. The zero-order chi connectivity index (χ0) is 19.3. The number of benzene rings is 2. The fraction of sp³-hybridized carbons (Fsp3) is 0.435.